The van der Waals surface area contributed by atoms with Crippen molar-refractivity contribution in [2.24, 2.45) is 0 Å². The van der Waals surface area contributed by atoms with E-state index in [0.717, 1.165) is 4.68 Å². The number of carbonyl (C=O) groups is 1. The lowest BCUT2D eigenvalue weighted by Gasteiger charge is -2.10. The summed E-state index contributed by atoms with van der Waals surface area (Å²) in [6, 6.07) is 12.8. The SMILES string of the molecule is COc1cccc(-c2nn(CC(=O)Nc3cccc([N+](=O)[O-])c3)c(=O)c3nc(C)sc23)c1. The third kappa shape index (κ3) is 4.18. The topological polar surface area (TPSA) is 129 Å². The van der Waals surface area contributed by atoms with Gasteiger partial charge in [0.15, 0.2) is 5.52 Å². The van der Waals surface area contributed by atoms with Crippen molar-refractivity contribution in [3.63, 3.8) is 0 Å². The molecule has 0 fully saturated rings. The molecule has 2 heterocycles. The number of thiazole rings is 1. The minimum Gasteiger partial charge on any atom is -0.497 e. The van der Waals surface area contributed by atoms with Crippen molar-refractivity contribution >= 4 is 38.8 Å². The van der Waals surface area contributed by atoms with E-state index < -0.39 is 16.4 Å². The lowest BCUT2D eigenvalue weighted by Crippen LogP contribution is -2.30. The molecule has 0 unspecified atom stereocenters. The summed E-state index contributed by atoms with van der Waals surface area (Å²) in [6.45, 7) is 1.41. The standard InChI is InChI=1S/C21H17N5O5S/c1-12-22-19-20(32-12)18(13-5-3-8-16(9-13)31-2)24-25(21(19)28)11-17(27)23-14-6-4-7-15(10-14)26(29)30/h3-10H,11H2,1-2H3,(H,23,27). The van der Waals surface area contributed by atoms with Gasteiger partial charge in [0.05, 0.1) is 21.7 Å². The maximum Gasteiger partial charge on any atom is 0.294 e. The monoisotopic (exact) mass is 451 g/mol. The number of anilines is 1. The zero-order valence-electron chi connectivity index (χ0n) is 17.1. The van der Waals surface area contributed by atoms with Gasteiger partial charge in [0.1, 0.15) is 18.0 Å². The van der Waals surface area contributed by atoms with Gasteiger partial charge in [-0.2, -0.15) is 5.10 Å². The zero-order chi connectivity index (χ0) is 22.8. The maximum atomic E-state index is 12.9. The van der Waals surface area contributed by atoms with Crippen LogP contribution >= 0.6 is 11.3 Å². The van der Waals surface area contributed by atoms with Gasteiger partial charge in [0.25, 0.3) is 11.2 Å². The number of nitrogens with one attached hydrogen (secondary N) is 1. The van der Waals surface area contributed by atoms with Gasteiger partial charge >= 0.3 is 0 Å². The fourth-order valence-electron chi connectivity index (χ4n) is 3.17. The summed E-state index contributed by atoms with van der Waals surface area (Å²) in [5.41, 5.74) is 1.04. The molecule has 0 saturated heterocycles. The molecule has 1 N–H and O–H groups in total. The van der Waals surface area contributed by atoms with Crippen molar-refractivity contribution in [1.29, 1.82) is 0 Å². The number of fused-ring (bicyclic) bond motifs is 1. The molecular weight excluding hydrogens is 434 g/mol. The molecule has 0 spiro atoms. The van der Waals surface area contributed by atoms with E-state index in [-0.39, 0.29) is 23.4 Å². The third-order valence-corrected chi connectivity index (χ3v) is 5.56. The lowest BCUT2D eigenvalue weighted by molar-refractivity contribution is -0.384. The molecule has 4 rings (SSSR count). The van der Waals surface area contributed by atoms with E-state index in [4.69, 9.17) is 4.74 Å². The van der Waals surface area contributed by atoms with Gasteiger partial charge in [-0.15, -0.1) is 11.3 Å². The number of hydrogen-bond donors (Lipinski definition) is 1. The number of nitro benzene ring substituents is 1. The molecule has 0 aliphatic carbocycles. The van der Waals surface area contributed by atoms with Crippen LogP contribution in [0.2, 0.25) is 0 Å². The van der Waals surface area contributed by atoms with Gasteiger partial charge < -0.3 is 10.1 Å². The van der Waals surface area contributed by atoms with Crippen LogP contribution in [0.5, 0.6) is 5.75 Å². The van der Waals surface area contributed by atoms with E-state index in [9.17, 15) is 19.7 Å². The second-order valence-corrected chi connectivity index (χ2v) is 8.01. The second-order valence-electron chi connectivity index (χ2n) is 6.81. The third-order valence-electron chi connectivity index (χ3n) is 4.58. The zero-order valence-corrected chi connectivity index (χ0v) is 17.9. The Morgan fingerprint density at radius 3 is 2.78 bits per heavy atom. The first-order valence-corrected chi connectivity index (χ1v) is 10.2. The summed E-state index contributed by atoms with van der Waals surface area (Å²) >= 11 is 1.34. The van der Waals surface area contributed by atoms with Gasteiger partial charge in [-0.3, -0.25) is 19.7 Å². The smallest absolute Gasteiger partial charge is 0.294 e. The number of nitro groups is 1. The van der Waals surface area contributed by atoms with Crippen LogP contribution < -0.4 is 15.6 Å². The summed E-state index contributed by atoms with van der Waals surface area (Å²) < 4.78 is 6.95. The molecule has 11 heteroatoms. The number of carbonyl (C=O) groups excluding carboxylic acids is 1. The van der Waals surface area contributed by atoms with Crippen LogP contribution in [0.4, 0.5) is 11.4 Å². The highest BCUT2D eigenvalue weighted by Gasteiger charge is 2.18. The number of non-ortho nitro benzene ring substituents is 1. The van der Waals surface area contributed by atoms with Gasteiger partial charge in [-0.05, 0) is 25.1 Å². The van der Waals surface area contributed by atoms with Crippen molar-refractivity contribution in [1.82, 2.24) is 14.8 Å². The Bertz CT molecular complexity index is 1410. The van der Waals surface area contributed by atoms with Crippen LogP contribution in [0.25, 0.3) is 21.5 Å². The Balaban J connectivity index is 1.72. The summed E-state index contributed by atoms with van der Waals surface area (Å²) in [5, 5.41) is 18.6. The molecule has 0 saturated carbocycles. The number of ether oxygens (including phenoxy) is 1. The van der Waals surface area contributed by atoms with E-state index in [1.165, 1.54) is 35.6 Å². The molecule has 0 aliphatic heterocycles. The highest BCUT2D eigenvalue weighted by atomic mass is 32.1. The van der Waals surface area contributed by atoms with Gasteiger partial charge in [0, 0.05) is 23.4 Å². The largest absolute Gasteiger partial charge is 0.497 e. The quantitative estimate of drug-likeness (QED) is 0.351. The second kappa shape index (κ2) is 8.55. The molecule has 0 aliphatic rings. The summed E-state index contributed by atoms with van der Waals surface area (Å²) in [7, 11) is 1.55. The molecule has 10 nitrogen and oxygen atoms in total. The van der Waals surface area contributed by atoms with Gasteiger partial charge in [0.2, 0.25) is 5.91 Å². The molecule has 0 bridgehead atoms. The highest BCUT2D eigenvalue weighted by Crippen LogP contribution is 2.31. The number of aromatic nitrogens is 3. The average Bonchev–Trinajstić information content (AvgIpc) is 3.17. The van der Waals surface area contributed by atoms with Crippen LogP contribution in [0.1, 0.15) is 5.01 Å². The number of amides is 1. The summed E-state index contributed by atoms with van der Waals surface area (Å²) in [5.74, 6) is 0.0721. The Labute approximate surface area is 185 Å². The van der Waals surface area contributed by atoms with Crippen LogP contribution in [0.15, 0.2) is 53.3 Å². The predicted molar refractivity (Wildman–Crippen MR) is 120 cm³/mol. The summed E-state index contributed by atoms with van der Waals surface area (Å²) in [4.78, 5) is 40.2. The van der Waals surface area contributed by atoms with E-state index in [0.29, 0.717) is 26.7 Å². The number of rotatable bonds is 6. The lowest BCUT2D eigenvalue weighted by atomic mass is 10.1. The molecule has 32 heavy (non-hydrogen) atoms. The van der Waals surface area contributed by atoms with Gasteiger partial charge in [-0.25, -0.2) is 9.67 Å². The van der Waals surface area contributed by atoms with Crippen molar-refractivity contribution in [3.8, 4) is 17.0 Å². The molecule has 0 radical (unpaired) electrons. The van der Waals surface area contributed by atoms with Crippen molar-refractivity contribution in [2.45, 2.75) is 13.5 Å². The molecule has 2 aromatic heterocycles. The molecule has 4 aromatic rings. The fourth-order valence-corrected chi connectivity index (χ4v) is 4.08. The van der Waals surface area contributed by atoms with E-state index >= 15 is 0 Å². The first kappa shape index (κ1) is 21.1. The summed E-state index contributed by atoms with van der Waals surface area (Å²) in [6.07, 6.45) is 0. The Kier molecular flexibility index (Phi) is 5.65. The van der Waals surface area contributed by atoms with Crippen LogP contribution in [-0.2, 0) is 11.3 Å². The number of hydrogen-bond acceptors (Lipinski definition) is 8. The highest BCUT2D eigenvalue weighted by molar-refractivity contribution is 7.19. The first-order valence-electron chi connectivity index (χ1n) is 9.42. The van der Waals surface area contributed by atoms with Crippen LogP contribution in [0, 0.1) is 17.0 Å². The molecule has 0 atom stereocenters. The molecule has 2 aromatic carbocycles. The number of aryl methyl sites for hydroxylation is 1. The van der Waals surface area contributed by atoms with E-state index in [1.807, 2.05) is 6.07 Å². The number of benzene rings is 2. The first-order chi connectivity index (χ1) is 15.4. The van der Waals surface area contributed by atoms with Crippen molar-refractivity contribution < 1.29 is 14.5 Å². The van der Waals surface area contributed by atoms with Gasteiger partial charge in [-0.1, -0.05) is 18.2 Å². The minimum atomic E-state index is -0.555. The number of nitrogens with zero attached hydrogens (tertiary/aromatic N) is 4. The Hall–Kier alpha value is -4.12. The molecule has 162 valence electrons. The average molecular weight is 451 g/mol. The van der Waals surface area contributed by atoms with E-state index in [1.54, 1.807) is 32.2 Å². The van der Waals surface area contributed by atoms with E-state index in [2.05, 4.69) is 15.4 Å². The fraction of sp³-hybridized carbons (Fsp3) is 0.143. The maximum absolute atomic E-state index is 12.9. The number of methoxy groups -OCH3 is 1. The van der Waals surface area contributed by atoms with Crippen molar-refractivity contribution in [2.75, 3.05) is 12.4 Å². The minimum absolute atomic E-state index is 0.155. The van der Waals surface area contributed by atoms with Crippen molar-refractivity contribution in [3.05, 3.63) is 74.0 Å². The van der Waals surface area contributed by atoms with Crippen LogP contribution in [0.3, 0.4) is 0 Å². The molecule has 1 amide bonds. The van der Waals surface area contributed by atoms with Crippen LogP contribution in [-0.4, -0.2) is 32.7 Å². The Morgan fingerprint density at radius 1 is 1.25 bits per heavy atom. The molecular formula is C21H17N5O5S. The Morgan fingerprint density at radius 2 is 2.03 bits per heavy atom. The normalized spacial score (nSPS) is 10.8. The predicted octanol–water partition coefficient (Wildman–Crippen LogP) is 3.38.